The number of hydrogen-bond acceptors (Lipinski definition) is 6. The molecular weight excluding hydrogens is 458 g/mol. The molecule has 2 aromatic carbocycles. The first kappa shape index (κ1) is 23.3. The molecule has 0 aliphatic heterocycles. The van der Waals surface area contributed by atoms with Crippen molar-refractivity contribution in [2.45, 2.75) is 17.0 Å². The molecule has 164 valence electrons. The van der Waals surface area contributed by atoms with Gasteiger partial charge in [0.1, 0.15) is 0 Å². The summed E-state index contributed by atoms with van der Waals surface area (Å²) in [6, 6.07) is 15.5. The fourth-order valence-electron chi connectivity index (χ4n) is 2.71. The summed E-state index contributed by atoms with van der Waals surface area (Å²) in [4.78, 5) is 16.8. The Balaban J connectivity index is 1.47. The molecule has 0 aliphatic rings. The van der Waals surface area contributed by atoms with Crippen molar-refractivity contribution in [2.75, 3.05) is 25.4 Å². The topological polar surface area (TPSA) is 108 Å². The maximum Gasteiger partial charge on any atom is 0.243 e. The maximum absolute atomic E-state index is 12.7. The molecular formula is C20H22ClN5O3S2. The van der Waals surface area contributed by atoms with Crippen molar-refractivity contribution >= 4 is 39.3 Å². The van der Waals surface area contributed by atoms with Gasteiger partial charge in [-0.25, -0.2) is 13.4 Å². The molecule has 11 heteroatoms. The van der Waals surface area contributed by atoms with E-state index in [-0.39, 0.29) is 23.9 Å². The molecule has 1 aromatic heterocycles. The minimum absolute atomic E-state index is 0.0981. The van der Waals surface area contributed by atoms with Crippen LogP contribution >= 0.6 is 23.4 Å². The molecule has 1 amide bonds. The van der Waals surface area contributed by atoms with Crippen LogP contribution in [0.3, 0.4) is 0 Å². The van der Waals surface area contributed by atoms with E-state index in [1.165, 1.54) is 36.0 Å². The summed E-state index contributed by atoms with van der Waals surface area (Å²) in [5.41, 5.74) is 0.941. The van der Waals surface area contributed by atoms with Gasteiger partial charge in [-0.1, -0.05) is 60.6 Å². The van der Waals surface area contributed by atoms with Gasteiger partial charge in [-0.05, 0) is 24.3 Å². The van der Waals surface area contributed by atoms with Crippen molar-refractivity contribution in [3.8, 4) is 11.4 Å². The number of nitrogens with zero attached hydrogens (tertiary/aromatic N) is 3. The second-order valence-electron chi connectivity index (χ2n) is 6.42. The summed E-state index contributed by atoms with van der Waals surface area (Å²) in [6.45, 7) is 1.96. The number of carbonyl (C=O) groups excluding carboxylic acids is 1. The number of halogens is 1. The highest BCUT2D eigenvalue weighted by Gasteiger charge is 2.25. The number of benzene rings is 2. The lowest BCUT2D eigenvalue weighted by Gasteiger charge is -2.20. The number of amides is 1. The number of nitrogens with one attached hydrogen (secondary N) is 2. The Hall–Kier alpha value is -2.40. The lowest BCUT2D eigenvalue weighted by Crippen LogP contribution is -2.41. The third-order valence-electron chi connectivity index (χ3n) is 4.29. The SMILES string of the molecule is CCN(CC(=O)NCCSc1n[nH]c(-c2ccccc2)n1)S(=O)(=O)c1ccc(Cl)cc1. The molecule has 0 unspecified atom stereocenters. The zero-order chi connectivity index (χ0) is 22.3. The van der Waals surface area contributed by atoms with Crippen molar-refractivity contribution < 1.29 is 13.2 Å². The molecule has 0 aliphatic carbocycles. The van der Waals surface area contributed by atoms with Gasteiger partial charge in [0.15, 0.2) is 5.82 Å². The van der Waals surface area contributed by atoms with Crippen molar-refractivity contribution in [2.24, 2.45) is 0 Å². The highest BCUT2D eigenvalue weighted by Crippen LogP contribution is 2.19. The van der Waals surface area contributed by atoms with E-state index in [4.69, 9.17) is 11.6 Å². The lowest BCUT2D eigenvalue weighted by molar-refractivity contribution is -0.121. The van der Waals surface area contributed by atoms with Crippen LogP contribution in [0.25, 0.3) is 11.4 Å². The van der Waals surface area contributed by atoms with Crippen LogP contribution in [0.4, 0.5) is 0 Å². The third-order valence-corrected chi connectivity index (χ3v) is 7.33. The van der Waals surface area contributed by atoms with Gasteiger partial charge in [0.25, 0.3) is 0 Å². The van der Waals surface area contributed by atoms with Gasteiger partial charge >= 0.3 is 0 Å². The molecule has 0 fully saturated rings. The van der Waals surface area contributed by atoms with E-state index in [0.29, 0.717) is 28.3 Å². The minimum atomic E-state index is -3.78. The molecule has 3 aromatic rings. The van der Waals surface area contributed by atoms with Crippen LogP contribution in [0.1, 0.15) is 6.92 Å². The summed E-state index contributed by atoms with van der Waals surface area (Å²) in [5, 5.41) is 10.8. The first-order chi connectivity index (χ1) is 14.9. The van der Waals surface area contributed by atoms with E-state index in [9.17, 15) is 13.2 Å². The van der Waals surface area contributed by atoms with Gasteiger partial charge < -0.3 is 5.32 Å². The molecule has 0 radical (unpaired) electrons. The molecule has 2 N–H and O–H groups in total. The number of aromatic amines is 1. The van der Waals surface area contributed by atoms with Gasteiger partial charge in [-0.15, -0.1) is 5.10 Å². The van der Waals surface area contributed by atoms with Crippen molar-refractivity contribution in [3.63, 3.8) is 0 Å². The Morgan fingerprint density at radius 2 is 1.87 bits per heavy atom. The molecule has 31 heavy (non-hydrogen) atoms. The Morgan fingerprint density at radius 3 is 2.55 bits per heavy atom. The molecule has 0 saturated carbocycles. The average molecular weight is 480 g/mol. The number of aromatic nitrogens is 3. The van der Waals surface area contributed by atoms with Crippen LogP contribution in [-0.4, -0.2) is 59.2 Å². The highest BCUT2D eigenvalue weighted by molar-refractivity contribution is 7.99. The summed E-state index contributed by atoms with van der Waals surface area (Å²) in [5.74, 6) is 0.853. The number of likely N-dealkylation sites (N-methyl/N-ethyl adjacent to an activating group) is 1. The standard InChI is InChI=1S/C20H22ClN5O3S2/c1-2-26(31(28,29)17-10-8-16(21)9-11-17)14-18(27)22-12-13-30-20-23-19(24-25-20)15-6-4-3-5-7-15/h3-11H,2,12-14H2,1H3,(H,22,27)(H,23,24,25). The second kappa shape index (κ2) is 10.8. The van der Waals surface area contributed by atoms with Gasteiger partial charge in [0, 0.05) is 29.4 Å². The second-order valence-corrected chi connectivity index (χ2v) is 9.85. The average Bonchev–Trinajstić information content (AvgIpc) is 3.25. The van der Waals surface area contributed by atoms with Crippen LogP contribution in [0.5, 0.6) is 0 Å². The number of carbonyl (C=O) groups is 1. The van der Waals surface area contributed by atoms with E-state index in [2.05, 4.69) is 20.5 Å². The predicted molar refractivity (Wildman–Crippen MR) is 121 cm³/mol. The third kappa shape index (κ3) is 6.30. The van der Waals surface area contributed by atoms with Crippen LogP contribution in [0, 0.1) is 0 Å². The first-order valence-electron chi connectivity index (χ1n) is 9.53. The highest BCUT2D eigenvalue weighted by atomic mass is 35.5. The Bertz CT molecular complexity index is 1110. The smallest absolute Gasteiger partial charge is 0.243 e. The van der Waals surface area contributed by atoms with Crippen LogP contribution in [0.2, 0.25) is 5.02 Å². The molecule has 8 nitrogen and oxygen atoms in total. The minimum Gasteiger partial charge on any atom is -0.354 e. The lowest BCUT2D eigenvalue weighted by atomic mass is 10.2. The maximum atomic E-state index is 12.7. The number of thioether (sulfide) groups is 1. The van der Waals surface area contributed by atoms with E-state index in [0.717, 1.165) is 9.87 Å². The number of H-pyrrole nitrogens is 1. The van der Waals surface area contributed by atoms with Gasteiger partial charge in [0.05, 0.1) is 11.4 Å². The van der Waals surface area contributed by atoms with E-state index in [1.807, 2.05) is 30.3 Å². The summed E-state index contributed by atoms with van der Waals surface area (Å²) in [6.07, 6.45) is 0. The Morgan fingerprint density at radius 1 is 1.16 bits per heavy atom. The van der Waals surface area contributed by atoms with Gasteiger partial charge in [0.2, 0.25) is 21.1 Å². The zero-order valence-corrected chi connectivity index (χ0v) is 19.2. The molecule has 0 atom stereocenters. The van der Waals surface area contributed by atoms with E-state index < -0.39 is 10.0 Å². The molecule has 0 saturated heterocycles. The monoisotopic (exact) mass is 479 g/mol. The Kier molecular flexibility index (Phi) is 8.08. The summed E-state index contributed by atoms with van der Waals surface area (Å²) in [7, 11) is -3.78. The quantitative estimate of drug-likeness (QED) is 0.342. The normalized spacial score (nSPS) is 11.6. The molecule has 3 rings (SSSR count). The van der Waals surface area contributed by atoms with Crippen LogP contribution in [-0.2, 0) is 14.8 Å². The van der Waals surface area contributed by atoms with Crippen LogP contribution < -0.4 is 5.32 Å². The van der Waals surface area contributed by atoms with Gasteiger partial charge in [-0.3, -0.25) is 9.89 Å². The molecule has 0 bridgehead atoms. The van der Waals surface area contributed by atoms with Crippen molar-refractivity contribution in [3.05, 3.63) is 59.6 Å². The van der Waals surface area contributed by atoms with E-state index in [1.54, 1.807) is 6.92 Å². The number of hydrogen-bond donors (Lipinski definition) is 2. The zero-order valence-electron chi connectivity index (χ0n) is 16.8. The first-order valence-corrected chi connectivity index (χ1v) is 12.3. The Labute approximate surface area is 190 Å². The fourth-order valence-corrected chi connectivity index (χ4v) is 4.89. The summed E-state index contributed by atoms with van der Waals surface area (Å²) >= 11 is 7.22. The van der Waals surface area contributed by atoms with Crippen molar-refractivity contribution in [1.29, 1.82) is 0 Å². The molecule has 0 spiro atoms. The van der Waals surface area contributed by atoms with Crippen molar-refractivity contribution in [1.82, 2.24) is 24.8 Å². The van der Waals surface area contributed by atoms with Gasteiger partial charge in [-0.2, -0.15) is 4.31 Å². The summed E-state index contributed by atoms with van der Waals surface area (Å²) < 4.78 is 26.6. The van der Waals surface area contributed by atoms with E-state index >= 15 is 0 Å². The van der Waals surface area contributed by atoms with Crippen LogP contribution in [0.15, 0.2) is 64.6 Å². The predicted octanol–water partition coefficient (Wildman–Crippen LogP) is 3.04. The fraction of sp³-hybridized carbons (Fsp3) is 0.250. The number of sulfonamides is 1. The largest absolute Gasteiger partial charge is 0.354 e. The molecule has 1 heterocycles. The number of rotatable bonds is 10.